The van der Waals surface area contributed by atoms with Crippen LogP contribution in [0.1, 0.15) is 24.5 Å². The largest absolute Gasteiger partial charge is 0.493 e. The smallest absolute Gasteiger partial charge is 0.243 e. The van der Waals surface area contributed by atoms with Crippen molar-refractivity contribution >= 4 is 46.4 Å². The normalized spacial score (nSPS) is 15.1. The summed E-state index contributed by atoms with van der Waals surface area (Å²) in [6, 6.07) is 18.3. The Morgan fingerprint density at radius 2 is 1.75 bits per heavy atom. The monoisotopic (exact) mass is 527 g/mol. The Morgan fingerprint density at radius 3 is 2.42 bits per heavy atom. The second-order valence-corrected chi connectivity index (χ2v) is 9.18. The highest BCUT2D eigenvalue weighted by Gasteiger charge is 2.35. The Morgan fingerprint density at radius 1 is 1.06 bits per heavy atom. The molecule has 0 saturated carbocycles. The minimum atomic E-state index is -0.493. The SMILES string of the molecule is CCc1ccc(N2C[C@H](C(=O)NNc3cccc(OC)c3OCc3c(Cl)cccc3Cl)CC2=O)cc1. The molecular formula is C27H27Cl2N3O4. The van der Waals surface area contributed by atoms with Gasteiger partial charge in [-0.2, -0.15) is 0 Å². The maximum absolute atomic E-state index is 12.9. The van der Waals surface area contributed by atoms with E-state index in [9.17, 15) is 9.59 Å². The molecule has 1 atom stereocenters. The van der Waals surface area contributed by atoms with Gasteiger partial charge in [0.05, 0.1) is 18.7 Å². The van der Waals surface area contributed by atoms with E-state index in [1.165, 1.54) is 12.7 Å². The number of hydrogen-bond donors (Lipinski definition) is 2. The highest BCUT2D eigenvalue weighted by atomic mass is 35.5. The van der Waals surface area contributed by atoms with E-state index in [0.717, 1.165) is 12.1 Å². The summed E-state index contributed by atoms with van der Waals surface area (Å²) in [5.74, 6) is -0.0141. The quantitative estimate of drug-likeness (QED) is 0.352. The molecular weight excluding hydrogens is 501 g/mol. The van der Waals surface area contributed by atoms with Gasteiger partial charge in [0.2, 0.25) is 11.8 Å². The number of hydrazine groups is 1. The van der Waals surface area contributed by atoms with Gasteiger partial charge >= 0.3 is 0 Å². The number of hydrogen-bond acceptors (Lipinski definition) is 5. The van der Waals surface area contributed by atoms with Gasteiger partial charge in [0, 0.05) is 34.3 Å². The van der Waals surface area contributed by atoms with Gasteiger partial charge < -0.3 is 14.4 Å². The van der Waals surface area contributed by atoms with Crippen molar-refractivity contribution in [1.82, 2.24) is 5.43 Å². The Kier molecular flexibility index (Phi) is 8.23. The van der Waals surface area contributed by atoms with Crippen molar-refractivity contribution in [2.24, 2.45) is 5.92 Å². The molecule has 1 aliphatic heterocycles. The van der Waals surface area contributed by atoms with Crippen LogP contribution in [-0.4, -0.2) is 25.5 Å². The molecule has 0 bridgehead atoms. The molecule has 0 aromatic heterocycles. The second-order valence-electron chi connectivity index (χ2n) is 8.37. The maximum atomic E-state index is 12.9. The molecule has 0 unspecified atom stereocenters. The Balaban J connectivity index is 1.42. The molecule has 7 nitrogen and oxygen atoms in total. The number of carbonyl (C=O) groups is 2. The van der Waals surface area contributed by atoms with E-state index >= 15 is 0 Å². The van der Waals surface area contributed by atoms with Crippen molar-refractivity contribution < 1.29 is 19.1 Å². The van der Waals surface area contributed by atoms with E-state index in [2.05, 4.69) is 17.8 Å². The summed E-state index contributed by atoms with van der Waals surface area (Å²) >= 11 is 12.5. The van der Waals surface area contributed by atoms with E-state index < -0.39 is 5.92 Å². The van der Waals surface area contributed by atoms with Crippen LogP contribution in [0.25, 0.3) is 0 Å². The van der Waals surface area contributed by atoms with Gasteiger partial charge in [0.1, 0.15) is 6.61 Å². The number of para-hydroxylation sites is 1. The number of aryl methyl sites for hydroxylation is 1. The first-order valence-electron chi connectivity index (χ1n) is 11.6. The molecule has 188 valence electrons. The first kappa shape index (κ1) is 25.7. The van der Waals surface area contributed by atoms with Gasteiger partial charge in [-0.3, -0.25) is 20.4 Å². The molecule has 1 aliphatic rings. The van der Waals surface area contributed by atoms with E-state index in [1.54, 1.807) is 41.3 Å². The van der Waals surface area contributed by atoms with E-state index in [0.29, 0.717) is 39.3 Å². The lowest BCUT2D eigenvalue weighted by atomic mass is 10.1. The molecule has 3 aromatic carbocycles. The van der Waals surface area contributed by atoms with Crippen LogP contribution in [0, 0.1) is 5.92 Å². The van der Waals surface area contributed by atoms with Crippen LogP contribution in [-0.2, 0) is 22.6 Å². The molecule has 2 amide bonds. The summed E-state index contributed by atoms with van der Waals surface area (Å²) < 4.78 is 11.4. The van der Waals surface area contributed by atoms with Gasteiger partial charge in [0.25, 0.3) is 0 Å². The molecule has 0 spiro atoms. The summed E-state index contributed by atoms with van der Waals surface area (Å²) in [4.78, 5) is 27.2. The lowest BCUT2D eigenvalue weighted by Gasteiger charge is -2.19. The number of benzene rings is 3. The second kappa shape index (κ2) is 11.5. The summed E-state index contributed by atoms with van der Waals surface area (Å²) in [5.41, 5.74) is 8.73. The molecule has 36 heavy (non-hydrogen) atoms. The number of amides is 2. The van der Waals surface area contributed by atoms with Gasteiger partial charge in [0.15, 0.2) is 11.5 Å². The summed E-state index contributed by atoms with van der Waals surface area (Å²) in [6.07, 6.45) is 1.06. The standard InChI is InChI=1S/C27H27Cl2N3O4/c1-3-17-10-12-19(13-11-17)32-15-18(14-25(32)33)27(34)31-30-23-8-5-9-24(35-2)26(23)36-16-20-21(28)6-4-7-22(20)29/h4-13,18,30H,3,14-16H2,1-2H3,(H,31,34)/t18-/m1/s1. The molecule has 9 heteroatoms. The Bertz CT molecular complexity index is 1230. The van der Waals surface area contributed by atoms with Gasteiger partial charge in [-0.05, 0) is 48.4 Å². The number of halogens is 2. The number of rotatable bonds is 9. The third-order valence-electron chi connectivity index (χ3n) is 6.09. The fourth-order valence-electron chi connectivity index (χ4n) is 4.01. The van der Waals surface area contributed by atoms with Crippen molar-refractivity contribution in [3.05, 3.63) is 81.8 Å². The number of nitrogens with zero attached hydrogens (tertiary/aromatic N) is 1. The highest BCUT2D eigenvalue weighted by molar-refractivity contribution is 6.35. The fraction of sp³-hybridized carbons (Fsp3) is 0.259. The molecule has 2 N–H and O–H groups in total. The van der Waals surface area contributed by atoms with E-state index in [-0.39, 0.29) is 24.8 Å². The fourth-order valence-corrected chi connectivity index (χ4v) is 4.52. The highest BCUT2D eigenvalue weighted by Crippen LogP contribution is 2.37. The number of carbonyl (C=O) groups excluding carboxylic acids is 2. The number of anilines is 2. The average molecular weight is 528 g/mol. The minimum absolute atomic E-state index is 0.0820. The van der Waals surface area contributed by atoms with Crippen LogP contribution in [0.15, 0.2) is 60.7 Å². The number of ether oxygens (including phenoxy) is 2. The molecule has 1 heterocycles. The predicted molar refractivity (Wildman–Crippen MR) is 142 cm³/mol. The topological polar surface area (TPSA) is 79.9 Å². The number of nitrogens with one attached hydrogen (secondary N) is 2. The first-order chi connectivity index (χ1) is 17.4. The predicted octanol–water partition coefficient (Wildman–Crippen LogP) is 5.64. The van der Waals surface area contributed by atoms with Gasteiger partial charge in [-0.25, -0.2) is 0 Å². The van der Waals surface area contributed by atoms with Gasteiger partial charge in [-0.1, -0.05) is 54.4 Å². The third-order valence-corrected chi connectivity index (χ3v) is 6.80. The molecule has 4 rings (SSSR count). The van der Waals surface area contributed by atoms with Crippen molar-refractivity contribution in [2.75, 3.05) is 24.0 Å². The molecule has 1 fully saturated rings. The zero-order valence-corrected chi connectivity index (χ0v) is 21.5. The van der Waals surface area contributed by atoms with Crippen LogP contribution in [0.2, 0.25) is 10.0 Å². The molecule has 0 radical (unpaired) electrons. The summed E-state index contributed by atoms with van der Waals surface area (Å²) in [5, 5.41) is 0.972. The Labute approximate surface area is 220 Å². The zero-order valence-electron chi connectivity index (χ0n) is 20.0. The molecule has 1 saturated heterocycles. The van der Waals surface area contributed by atoms with Crippen LogP contribution >= 0.6 is 23.2 Å². The zero-order chi connectivity index (χ0) is 25.7. The third kappa shape index (κ3) is 5.69. The number of methoxy groups -OCH3 is 1. The molecule has 3 aromatic rings. The lowest BCUT2D eigenvalue weighted by molar-refractivity contribution is -0.125. The average Bonchev–Trinajstić information content (AvgIpc) is 3.28. The van der Waals surface area contributed by atoms with Gasteiger partial charge in [-0.15, -0.1) is 0 Å². The van der Waals surface area contributed by atoms with Crippen LogP contribution in [0.3, 0.4) is 0 Å². The summed E-state index contributed by atoms with van der Waals surface area (Å²) in [7, 11) is 1.53. The summed E-state index contributed by atoms with van der Waals surface area (Å²) in [6.45, 7) is 2.49. The van der Waals surface area contributed by atoms with Crippen molar-refractivity contribution in [3.63, 3.8) is 0 Å². The van der Waals surface area contributed by atoms with Crippen molar-refractivity contribution in [2.45, 2.75) is 26.4 Å². The van der Waals surface area contributed by atoms with Crippen LogP contribution in [0.4, 0.5) is 11.4 Å². The first-order valence-corrected chi connectivity index (χ1v) is 12.3. The Hall–Kier alpha value is -3.42. The van der Waals surface area contributed by atoms with Crippen molar-refractivity contribution in [3.8, 4) is 11.5 Å². The van der Waals surface area contributed by atoms with E-state index in [4.69, 9.17) is 32.7 Å². The molecule has 0 aliphatic carbocycles. The lowest BCUT2D eigenvalue weighted by Crippen LogP contribution is -2.36. The minimum Gasteiger partial charge on any atom is -0.493 e. The maximum Gasteiger partial charge on any atom is 0.243 e. The van der Waals surface area contributed by atoms with Crippen LogP contribution < -0.4 is 25.2 Å². The van der Waals surface area contributed by atoms with E-state index in [1.807, 2.05) is 24.3 Å². The van der Waals surface area contributed by atoms with Crippen molar-refractivity contribution in [1.29, 1.82) is 0 Å². The van der Waals surface area contributed by atoms with Crippen LogP contribution in [0.5, 0.6) is 11.5 Å².